The fourth-order valence-electron chi connectivity index (χ4n) is 2.14. The van der Waals surface area contributed by atoms with Gasteiger partial charge < -0.3 is 10.1 Å². The Balaban J connectivity index is 2.26. The van der Waals surface area contributed by atoms with Gasteiger partial charge in [-0.05, 0) is 19.8 Å². The molecule has 0 spiro atoms. The summed E-state index contributed by atoms with van der Waals surface area (Å²) in [6, 6.07) is 0.257. The van der Waals surface area contributed by atoms with Crippen molar-refractivity contribution in [2.45, 2.75) is 38.6 Å². The summed E-state index contributed by atoms with van der Waals surface area (Å²) < 4.78 is 5.17. The lowest BCUT2D eigenvalue weighted by Gasteiger charge is -2.13. The lowest BCUT2D eigenvalue weighted by molar-refractivity contribution is -0.385. The van der Waals surface area contributed by atoms with E-state index in [9.17, 15) is 10.1 Å². The second kappa shape index (κ2) is 5.61. The smallest absolute Gasteiger partial charge is 0.372 e. The van der Waals surface area contributed by atoms with Crippen molar-refractivity contribution in [2.75, 3.05) is 11.9 Å². The number of anilines is 1. The van der Waals surface area contributed by atoms with Crippen LogP contribution in [0, 0.1) is 10.1 Å². The van der Waals surface area contributed by atoms with Gasteiger partial charge in [-0.15, -0.1) is 0 Å². The average molecular weight is 252 g/mol. The first-order valence-electron chi connectivity index (χ1n) is 6.11. The summed E-state index contributed by atoms with van der Waals surface area (Å²) >= 11 is 0. The summed E-state index contributed by atoms with van der Waals surface area (Å²) in [4.78, 5) is 18.4. The van der Waals surface area contributed by atoms with E-state index in [1.807, 2.05) is 0 Å². The maximum Gasteiger partial charge on any atom is 0.372 e. The molecule has 1 aromatic rings. The number of nitro groups is 1. The van der Waals surface area contributed by atoms with Crippen molar-refractivity contribution in [3.05, 3.63) is 16.4 Å². The molecule has 1 fully saturated rings. The molecule has 0 amide bonds. The Morgan fingerprint density at radius 3 is 2.83 bits per heavy atom. The number of rotatable bonds is 5. The average Bonchev–Trinajstić information content (AvgIpc) is 2.82. The Bertz CT molecular complexity index is 432. The minimum absolute atomic E-state index is 0.0259. The lowest BCUT2D eigenvalue weighted by Crippen LogP contribution is -2.17. The SMILES string of the molecule is CCOc1ncnc(NC2CCCC2)c1[N+](=O)[O-]. The van der Waals surface area contributed by atoms with Gasteiger partial charge in [-0.2, -0.15) is 4.98 Å². The maximum absolute atomic E-state index is 11.1. The molecule has 1 heterocycles. The highest BCUT2D eigenvalue weighted by atomic mass is 16.6. The van der Waals surface area contributed by atoms with Crippen LogP contribution < -0.4 is 10.1 Å². The number of aromatic nitrogens is 2. The zero-order valence-corrected chi connectivity index (χ0v) is 10.3. The van der Waals surface area contributed by atoms with Crippen molar-refractivity contribution in [3.8, 4) is 5.88 Å². The van der Waals surface area contributed by atoms with Gasteiger partial charge in [0.05, 0.1) is 11.5 Å². The fourth-order valence-corrected chi connectivity index (χ4v) is 2.14. The van der Waals surface area contributed by atoms with Crippen molar-refractivity contribution in [1.29, 1.82) is 0 Å². The van der Waals surface area contributed by atoms with E-state index in [4.69, 9.17) is 4.74 Å². The molecule has 0 atom stereocenters. The van der Waals surface area contributed by atoms with Crippen LogP contribution in [0.25, 0.3) is 0 Å². The second-order valence-electron chi connectivity index (χ2n) is 4.19. The molecular formula is C11H16N4O3. The zero-order valence-electron chi connectivity index (χ0n) is 10.3. The molecule has 0 aromatic carbocycles. The van der Waals surface area contributed by atoms with Crippen LogP contribution >= 0.6 is 0 Å². The van der Waals surface area contributed by atoms with E-state index in [1.54, 1.807) is 6.92 Å². The predicted octanol–water partition coefficient (Wildman–Crippen LogP) is 2.14. The molecule has 7 nitrogen and oxygen atoms in total. The van der Waals surface area contributed by atoms with Crippen LogP contribution in [0.5, 0.6) is 5.88 Å². The molecule has 7 heteroatoms. The van der Waals surface area contributed by atoms with E-state index in [0.717, 1.165) is 25.7 Å². The van der Waals surface area contributed by atoms with E-state index >= 15 is 0 Å². The summed E-state index contributed by atoms with van der Waals surface area (Å²) in [6.45, 7) is 2.09. The highest BCUT2D eigenvalue weighted by molar-refractivity contribution is 5.61. The van der Waals surface area contributed by atoms with Gasteiger partial charge in [0.25, 0.3) is 5.88 Å². The van der Waals surface area contributed by atoms with Crippen molar-refractivity contribution < 1.29 is 9.66 Å². The molecule has 0 unspecified atom stereocenters. The van der Waals surface area contributed by atoms with E-state index in [2.05, 4.69) is 15.3 Å². The fraction of sp³-hybridized carbons (Fsp3) is 0.636. The van der Waals surface area contributed by atoms with Crippen LogP contribution in [0.3, 0.4) is 0 Å². The molecular weight excluding hydrogens is 236 g/mol. The third kappa shape index (κ3) is 2.66. The topological polar surface area (TPSA) is 90.2 Å². The summed E-state index contributed by atoms with van der Waals surface area (Å²) in [7, 11) is 0. The molecule has 1 saturated carbocycles. The molecule has 0 bridgehead atoms. The Morgan fingerprint density at radius 1 is 1.50 bits per heavy atom. The highest BCUT2D eigenvalue weighted by Gasteiger charge is 2.26. The number of hydrogen-bond donors (Lipinski definition) is 1. The first kappa shape index (κ1) is 12.5. The molecule has 98 valence electrons. The van der Waals surface area contributed by atoms with Gasteiger partial charge in [-0.25, -0.2) is 4.98 Å². The van der Waals surface area contributed by atoms with Gasteiger partial charge >= 0.3 is 5.69 Å². The van der Waals surface area contributed by atoms with Crippen molar-refractivity contribution in [2.24, 2.45) is 0 Å². The van der Waals surface area contributed by atoms with E-state index < -0.39 is 4.92 Å². The van der Waals surface area contributed by atoms with Crippen LogP contribution in [-0.4, -0.2) is 27.5 Å². The molecule has 1 aliphatic rings. The van der Waals surface area contributed by atoms with Crippen molar-refractivity contribution in [1.82, 2.24) is 9.97 Å². The van der Waals surface area contributed by atoms with E-state index in [1.165, 1.54) is 6.33 Å². The number of ether oxygens (including phenoxy) is 1. The van der Waals surface area contributed by atoms with Gasteiger partial charge in [0.2, 0.25) is 5.82 Å². The van der Waals surface area contributed by atoms with E-state index in [-0.39, 0.29) is 23.4 Å². The van der Waals surface area contributed by atoms with Gasteiger partial charge in [-0.3, -0.25) is 10.1 Å². The molecule has 0 saturated heterocycles. The molecule has 2 rings (SSSR count). The van der Waals surface area contributed by atoms with Crippen LogP contribution in [-0.2, 0) is 0 Å². The third-order valence-corrected chi connectivity index (χ3v) is 2.95. The van der Waals surface area contributed by atoms with Gasteiger partial charge in [0, 0.05) is 6.04 Å². The van der Waals surface area contributed by atoms with Crippen LogP contribution in [0.1, 0.15) is 32.6 Å². The van der Waals surface area contributed by atoms with Crippen molar-refractivity contribution >= 4 is 11.5 Å². The van der Waals surface area contributed by atoms with Crippen LogP contribution in [0.15, 0.2) is 6.33 Å². The molecule has 1 aromatic heterocycles. The summed E-state index contributed by atoms with van der Waals surface area (Å²) in [5.41, 5.74) is -0.175. The normalized spacial score (nSPS) is 15.6. The quantitative estimate of drug-likeness (QED) is 0.637. The van der Waals surface area contributed by atoms with Crippen LogP contribution in [0.4, 0.5) is 11.5 Å². The Kier molecular flexibility index (Phi) is 3.91. The zero-order chi connectivity index (χ0) is 13.0. The van der Waals surface area contributed by atoms with Gasteiger partial charge in [-0.1, -0.05) is 12.8 Å². The largest absolute Gasteiger partial charge is 0.473 e. The molecule has 0 aliphatic heterocycles. The standard InChI is InChI=1S/C11H16N4O3/c1-2-18-11-9(15(16)17)10(12-7-13-11)14-8-5-3-4-6-8/h7-8H,2-6H2,1H3,(H,12,13,14). The summed E-state index contributed by atoms with van der Waals surface area (Å²) in [5, 5.41) is 14.2. The minimum Gasteiger partial charge on any atom is -0.473 e. The van der Waals surface area contributed by atoms with E-state index in [0.29, 0.717) is 6.61 Å². The first-order chi connectivity index (χ1) is 8.72. The first-order valence-corrected chi connectivity index (χ1v) is 6.11. The lowest BCUT2D eigenvalue weighted by atomic mass is 10.2. The molecule has 0 radical (unpaired) electrons. The highest BCUT2D eigenvalue weighted by Crippen LogP contribution is 2.32. The predicted molar refractivity (Wildman–Crippen MR) is 65.7 cm³/mol. The van der Waals surface area contributed by atoms with Crippen LogP contribution in [0.2, 0.25) is 0 Å². The monoisotopic (exact) mass is 252 g/mol. The van der Waals surface area contributed by atoms with Crippen molar-refractivity contribution in [3.63, 3.8) is 0 Å². The van der Waals surface area contributed by atoms with Gasteiger partial charge in [0.15, 0.2) is 0 Å². The summed E-state index contributed by atoms with van der Waals surface area (Å²) in [5.74, 6) is 0.281. The van der Waals surface area contributed by atoms with Gasteiger partial charge in [0.1, 0.15) is 6.33 Å². The Labute approximate surface area is 105 Å². The molecule has 1 N–H and O–H groups in total. The Hall–Kier alpha value is -1.92. The maximum atomic E-state index is 11.1. The number of hydrogen-bond acceptors (Lipinski definition) is 6. The summed E-state index contributed by atoms with van der Waals surface area (Å²) in [6.07, 6.45) is 5.62. The third-order valence-electron chi connectivity index (χ3n) is 2.95. The minimum atomic E-state index is -0.498. The number of nitrogens with zero attached hydrogens (tertiary/aromatic N) is 3. The number of nitrogens with one attached hydrogen (secondary N) is 1. The Morgan fingerprint density at radius 2 is 2.22 bits per heavy atom. The second-order valence-corrected chi connectivity index (χ2v) is 4.19. The molecule has 1 aliphatic carbocycles. The molecule has 18 heavy (non-hydrogen) atoms.